The number of hydrogen-bond acceptors (Lipinski definition) is 7. The van der Waals surface area contributed by atoms with E-state index in [4.69, 9.17) is 20.2 Å². The van der Waals surface area contributed by atoms with Gasteiger partial charge in [0, 0.05) is 30.8 Å². The average molecular weight is 480 g/mol. The number of anilines is 1. The lowest BCUT2D eigenvalue weighted by Crippen LogP contribution is -2.07. The summed E-state index contributed by atoms with van der Waals surface area (Å²) in [5, 5.41) is 1.08. The summed E-state index contributed by atoms with van der Waals surface area (Å²) in [6.45, 7) is 4.86. The Kier molecular flexibility index (Phi) is 8.62. The summed E-state index contributed by atoms with van der Waals surface area (Å²) in [4.78, 5) is 9.36. The number of methoxy groups -OCH3 is 1. The quantitative estimate of drug-likeness (QED) is 0.198. The number of aryl methyl sites for hydroxylation is 1. The normalized spacial score (nSPS) is 11.5. The molecule has 0 bridgehead atoms. The number of nitrogen functional groups attached to an aromatic ring is 1. The number of imidazole rings is 1. The van der Waals surface area contributed by atoms with Crippen LogP contribution in [0.3, 0.4) is 0 Å². The highest BCUT2D eigenvalue weighted by Gasteiger charge is 2.17. The third-order valence-electron chi connectivity index (χ3n) is 5.79. The van der Waals surface area contributed by atoms with E-state index in [1.807, 2.05) is 37.3 Å². The van der Waals surface area contributed by atoms with Gasteiger partial charge in [0.15, 0.2) is 5.82 Å². The van der Waals surface area contributed by atoms with E-state index in [2.05, 4.69) is 32.5 Å². The summed E-state index contributed by atoms with van der Waals surface area (Å²) in [6.07, 6.45) is 3.36. The van der Waals surface area contributed by atoms with E-state index in [1.165, 1.54) is 5.56 Å². The van der Waals surface area contributed by atoms with Crippen LogP contribution in [0.4, 0.5) is 5.82 Å². The molecule has 0 aliphatic heterocycles. The Bertz CT molecular complexity index is 1210. The molecule has 34 heavy (non-hydrogen) atoms. The predicted molar refractivity (Wildman–Crippen MR) is 141 cm³/mol. The van der Waals surface area contributed by atoms with Gasteiger partial charge in [-0.25, -0.2) is 9.97 Å². The van der Waals surface area contributed by atoms with Crippen LogP contribution in [0, 0.1) is 0 Å². The van der Waals surface area contributed by atoms with Crippen LogP contribution >= 0.6 is 11.9 Å². The maximum absolute atomic E-state index is 6.27. The molecule has 2 heterocycles. The zero-order valence-electron chi connectivity index (χ0n) is 19.9. The van der Waals surface area contributed by atoms with Crippen LogP contribution in [0.25, 0.3) is 21.9 Å². The molecular formula is C26H33N5O2S. The number of pyridine rings is 1. The minimum Gasteiger partial charge on any atom is -0.497 e. The SMILES string of the molecule is CCOCc1nc2c(N)nc3ccccc3c2n1CCCCCSNCc1ccc(OC)cc1. The number of fused-ring (bicyclic) bond motifs is 3. The van der Waals surface area contributed by atoms with E-state index in [0.29, 0.717) is 19.0 Å². The fraction of sp³-hybridized carbons (Fsp3) is 0.385. The smallest absolute Gasteiger partial charge is 0.152 e. The molecule has 2 aromatic carbocycles. The van der Waals surface area contributed by atoms with E-state index >= 15 is 0 Å². The first-order chi connectivity index (χ1) is 16.7. The van der Waals surface area contributed by atoms with Gasteiger partial charge in [0.2, 0.25) is 0 Å². The first kappa shape index (κ1) is 24.3. The number of para-hydroxylation sites is 1. The molecule has 0 saturated heterocycles. The molecule has 180 valence electrons. The van der Waals surface area contributed by atoms with Crippen molar-refractivity contribution in [2.45, 2.75) is 45.9 Å². The van der Waals surface area contributed by atoms with Gasteiger partial charge in [0.05, 0.1) is 18.1 Å². The molecule has 4 aromatic rings. The van der Waals surface area contributed by atoms with E-state index in [-0.39, 0.29) is 0 Å². The fourth-order valence-corrected chi connectivity index (χ4v) is 4.78. The van der Waals surface area contributed by atoms with Crippen molar-refractivity contribution in [1.29, 1.82) is 0 Å². The van der Waals surface area contributed by atoms with Gasteiger partial charge in [0.25, 0.3) is 0 Å². The molecule has 8 heteroatoms. The molecule has 0 aliphatic rings. The molecule has 0 aliphatic carbocycles. The minimum absolute atomic E-state index is 0.476. The average Bonchev–Trinajstić information content (AvgIpc) is 3.24. The number of rotatable bonds is 13. The zero-order chi connectivity index (χ0) is 23.8. The molecule has 2 aromatic heterocycles. The molecule has 0 fully saturated rings. The molecule has 0 radical (unpaired) electrons. The second kappa shape index (κ2) is 12.1. The van der Waals surface area contributed by atoms with Crippen molar-refractivity contribution < 1.29 is 9.47 Å². The van der Waals surface area contributed by atoms with Crippen LogP contribution in [0.2, 0.25) is 0 Å². The predicted octanol–water partition coefficient (Wildman–Crippen LogP) is 5.32. The standard InChI is InChI=1S/C26H33N5O2S/c1-3-33-18-23-30-24-25(21-9-5-6-10-22(21)29-26(24)27)31(23)15-7-4-8-16-34-28-17-19-11-13-20(32-2)14-12-19/h5-6,9-14,28H,3-4,7-8,15-18H2,1-2H3,(H2,27,29). The largest absolute Gasteiger partial charge is 0.497 e. The highest BCUT2D eigenvalue weighted by molar-refractivity contribution is 7.97. The molecule has 0 saturated carbocycles. The lowest BCUT2D eigenvalue weighted by Gasteiger charge is -2.11. The number of nitrogens with zero attached hydrogens (tertiary/aromatic N) is 3. The van der Waals surface area contributed by atoms with Gasteiger partial charge in [0.1, 0.15) is 23.7 Å². The van der Waals surface area contributed by atoms with Gasteiger partial charge in [-0.3, -0.25) is 4.72 Å². The molecule has 0 spiro atoms. The Morgan fingerprint density at radius 1 is 1.03 bits per heavy atom. The van der Waals surface area contributed by atoms with Crippen molar-refractivity contribution in [3.63, 3.8) is 0 Å². The van der Waals surface area contributed by atoms with E-state index < -0.39 is 0 Å². The van der Waals surface area contributed by atoms with E-state index in [9.17, 15) is 0 Å². The second-order valence-electron chi connectivity index (χ2n) is 8.11. The van der Waals surface area contributed by atoms with Crippen molar-refractivity contribution in [1.82, 2.24) is 19.3 Å². The third-order valence-corrected chi connectivity index (χ3v) is 6.63. The van der Waals surface area contributed by atoms with Crippen molar-refractivity contribution in [3.05, 3.63) is 59.9 Å². The van der Waals surface area contributed by atoms with Crippen molar-refractivity contribution in [2.75, 3.05) is 25.2 Å². The van der Waals surface area contributed by atoms with Gasteiger partial charge in [-0.1, -0.05) is 48.7 Å². The fourth-order valence-electron chi connectivity index (χ4n) is 4.02. The van der Waals surface area contributed by atoms with E-state index in [1.54, 1.807) is 19.1 Å². The monoisotopic (exact) mass is 479 g/mol. The summed E-state index contributed by atoms with van der Waals surface area (Å²) in [5.74, 6) is 3.35. The molecule has 3 N–H and O–H groups in total. The van der Waals surface area contributed by atoms with Crippen molar-refractivity contribution in [3.8, 4) is 5.75 Å². The van der Waals surface area contributed by atoms with Crippen molar-refractivity contribution >= 4 is 39.7 Å². The molecule has 0 atom stereocenters. The minimum atomic E-state index is 0.476. The topological polar surface area (TPSA) is 87.2 Å². The van der Waals surface area contributed by atoms with E-state index in [0.717, 1.165) is 71.6 Å². The number of hydrogen-bond donors (Lipinski definition) is 2. The summed E-state index contributed by atoms with van der Waals surface area (Å²) in [7, 11) is 1.69. The number of nitrogens with two attached hydrogens (primary N) is 1. The number of benzene rings is 2. The van der Waals surface area contributed by atoms with Crippen LogP contribution in [-0.2, 0) is 24.4 Å². The zero-order valence-corrected chi connectivity index (χ0v) is 20.7. The lowest BCUT2D eigenvalue weighted by atomic mass is 10.2. The van der Waals surface area contributed by atoms with Gasteiger partial charge in [-0.2, -0.15) is 0 Å². The maximum atomic E-state index is 6.27. The summed E-state index contributed by atoms with van der Waals surface area (Å²) in [5.41, 5.74) is 10.3. The number of ether oxygens (including phenoxy) is 2. The van der Waals surface area contributed by atoms with Gasteiger partial charge < -0.3 is 19.8 Å². The van der Waals surface area contributed by atoms with Crippen LogP contribution in [0.5, 0.6) is 5.75 Å². The Morgan fingerprint density at radius 2 is 1.85 bits per heavy atom. The molecule has 4 rings (SSSR count). The Balaban J connectivity index is 1.32. The first-order valence-electron chi connectivity index (χ1n) is 11.8. The van der Waals surface area contributed by atoms with Crippen LogP contribution in [0.1, 0.15) is 37.6 Å². The third kappa shape index (κ3) is 5.81. The van der Waals surface area contributed by atoms with Gasteiger partial charge in [-0.15, -0.1) is 0 Å². The van der Waals surface area contributed by atoms with Crippen molar-refractivity contribution in [2.24, 2.45) is 0 Å². The van der Waals surface area contributed by atoms with Gasteiger partial charge in [-0.05, 0) is 43.5 Å². The maximum Gasteiger partial charge on any atom is 0.152 e. The van der Waals surface area contributed by atoms with Crippen LogP contribution in [0.15, 0.2) is 48.5 Å². The summed E-state index contributed by atoms with van der Waals surface area (Å²) < 4.78 is 16.6. The van der Waals surface area contributed by atoms with Crippen LogP contribution in [-0.4, -0.2) is 34.0 Å². The highest BCUT2D eigenvalue weighted by Crippen LogP contribution is 2.29. The Morgan fingerprint density at radius 3 is 2.65 bits per heavy atom. The Hall–Kier alpha value is -2.81. The Labute approximate surface area is 205 Å². The number of nitrogens with one attached hydrogen (secondary N) is 1. The molecule has 7 nitrogen and oxygen atoms in total. The van der Waals surface area contributed by atoms with Gasteiger partial charge >= 0.3 is 0 Å². The highest BCUT2D eigenvalue weighted by atomic mass is 32.2. The lowest BCUT2D eigenvalue weighted by molar-refractivity contribution is 0.126. The van der Waals surface area contributed by atoms with Crippen LogP contribution < -0.4 is 15.2 Å². The second-order valence-corrected chi connectivity index (χ2v) is 9.09. The number of unbranched alkanes of at least 4 members (excludes halogenated alkanes) is 2. The first-order valence-corrected chi connectivity index (χ1v) is 12.8. The molecule has 0 unspecified atom stereocenters. The molecule has 0 amide bonds. The number of aromatic nitrogens is 3. The summed E-state index contributed by atoms with van der Waals surface area (Å²) >= 11 is 1.78. The molecular weight excluding hydrogens is 446 g/mol. The summed E-state index contributed by atoms with van der Waals surface area (Å²) in [6, 6.07) is 16.3.